The molecule has 3 heteroatoms. The predicted octanol–water partition coefficient (Wildman–Crippen LogP) is -2.97. The molecule has 0 atom stereocenters. The Labute approximate surface area is 103 Å². The molecule has 0 spiro atoms. The maximum atomic E-state index is 2.47. The Hall–Kier alpha value is -0.290. The Bertz CT molecular complexity index is 255. The molecule has 1 N–H and O–H groups in total. The average molecular weight is 304 g/mol. The summed E-state index contributed by atoms with van der Waals surface area (Å²) in [6.45, 7) is 4.90. The number of benzene rings is 1. The largest absolute Gasteiger partial charge is 1.00 e. The zero-order chi connectivity index (χ0) is 9.10. The third-order valence-electron chi connectivity index (χ3n) is 2.74. The van der Waals surface area contributed by atoms with Crippen LogP contribution in [-0.2, 0) is 0 Å². The number of hydrogen-bond donors (Lipinski definition) is 1. The van der Waals surface area contributed by atoms with Crippen LogP contribution in [0.4, 0.5) is 5.69 Å². The Morgan fingerprint density at radius 2 is 1.64 bits per heavy atom. The van der Waals surface area contributed by atoms with E-state index in [1.807, 2.05) is 0 Å². The van der Waals surface area contributed by atoms with Crippen molar-refractivity contribution in [2.75, 3.05) is 38.1 Å². The van der Waals surface area contributed by atoms with E-state index in [0.29, 0.717) is 0 Å². The molecule has 1 saturated heterocycles. The normalized spacial score (nSPS) is 17.6. The number of piperazine rings is 1. The van der Waals surface area contributed by atoms with Crippen molar-refractivity contribution < 1.29 is 28.9 Å². The van der Waals surface area contributed by atoms with Crippen LogP contribution in [0, 0.1) is 0 Å². The van der Waals surface area contributed by atoms with E-state index >= 15 is 0 Å². The topological polar surface area (TPSA) is 7.68 Å². The molecule has 0 radical (unpaired) electrons. The number of quaternary nitrogens is 1. The number of anilines is 1. The van der Waals surface area contributed by atoms with Crippen LogP contribution in [-0.4, -0.2) is 33.2 Å². The van der Waals surface area contributed by atoms with Crippen LogP contribution in [0.1, 0.15) is 0 Å². The molecular formula is C11H17IN2. The molecule has 1 aliphatic rings. The van der Waals surface area contributed by atoms with Gasteiger partial charge in [-0.3, -0.25) is 0 Å². The fraction of sp³-hybridized carbons (Fsp3) is 0.455. The van der Waals surface area contributed by atoms with Crippen LogP contribution in [0.25, 0.3) is 0 Å². The molecule has 0 saturated carbocycles. The molecular weight excluding hydrogens is 287 g/mol. The van der Waals surface area contributed by atoms with Gasteiger partial charge in [-0.25, -0.2) is 0 Å². The molecule has 0 aliphatic carbocycles. The summed E-state index contributed by atoms with van der Waals surface area (Å²) in [4.78, 5) is 4.11. The minimum Gasteiger partial charge on any atom is -1.00 e. The van der Waals surface area contributed by atoms with Crippen LogP contribution >= 0.6 is 0 Å². The third-order valence-corrected chi connectivity index (χ3v) is 2.74. The zero-order valence-electron chi connectivity index (χ0n) is 8.54. The first-order chi connectivity index (χ1) is 6.36. The Morgan fingerprint density at radius 1 is 1.07 bits per heavy atom. The van der Waals surface area contributed by atoms with Crippen molar-refractivity contribution in [1.82, 2.24) is 0 Å². The van der Waals surface area contributed by atoms with Gasteiger partial charge in [-0.2, -0.15) is 0 Å². The first kappa shape index (κ1) is 11.8. The zero-order valence-corrected chi connectivity index (χ0v) is 10.7. The van der Waals surface area contributed by atoms with Gasteiger partial charge in [-0.05, 0) is 12.1 Å². The standard InChI is InChI=1S/C11H16N2.HI/c1-12-7-9-13(10-8-12)11-5-3-2-4-6-11;/h2-6H,7-10H2,1H3;1H. The summed E-state index contributed by atoms with van der Waals surface area (Å²) in [5.74, 6) is 0. The first-order valence-corrected chi connectivity index (χ1v) is 4.97. The number of likely N-dealkylation sites (N-methyl/N-ethyl adjacent to an activating group) is 1. The number of para-hydroxylation sites is 1. The van der Waals surface area contributed by atoms with Gasteiger partial charge in [-0.1, -0.05) is 18.2 Å². The molecule has 0 aromatic heterocycles. The average Bonchev–Trinajstić information content (AvgIpc) is 2.20. The van der Waals surface area contributed by atoms with E-state index in [9.17, 15) is 0 Å². The molecule has 0 amide bonds. The maximum absolute atomic E-state index is 2.47. The molecule has 1 fully saturated rings. The Morgan fingerprint density at radius 3 is 2.21 bits per heavy atom. The highest BCUT2D eigenvalue weighted by atomic mass is 127. The van der Waals surface area contributed by atoms with Crippen LogP contribution in [0.5, 0.6) is 0 Å². The highest BCUT2D eigenvalue weighted by Gasteiger charge is 2.15. The van der Waals surface area contributed by atoms with E-state index in [-0.39, 0.29) is 24.0 Å². The smallest absolute Gasteiger partial charge is 0.0947 e. The highest BCUT2D eigenvalue weighted by Crippen LogP contribution is 2.11. The van der Waals surface area contributed by atoms with Gasteiger partial charge in [0.15, 0.2) is 0 Å². The molecule has 1 heterocycles. The summed E-state index contributed by atoms with van der Waals surface area (Å²) in [6.07, 6.45) is 0. The van der Waals surface area contributed by atoms with E-state index in [1.54, 1.807) is 4.90 Å². The van der Waals surface area contributed by atoms with Gasteiger partial charge in [0.05, 0.1) is 33.2 Å². The molecule has 1 aliphatic heterocycles. The molecule has 0 bridgehead atoms. The van der Waals surface area contributed by atoms with E-state index in [4.69, 9.17) is 0 Å². The van der Waals surface area contributed by atoms with Gasteiger partial charge < -0.3 is 33.8 Å². The molecule has 2 nitrogen and oxygen atoms in total. The van der Waals surface area contributed by atoms with Crippen molar-refractivity contribution >= 4 is 5.69 Å². The number of nitrogens with zero attached hydrogens (tertiary/aromatic N) is 1. The number of rotatable bonds is 1. The summed E-state index contributed by atoms with van der Waals surface area (Å²) in [5.41, 5.74) is 1.37. The van der Waals surface area contributed by atoms with Crippen molar-refractivity contribution in [2.45, 2.75) is 0 Å². The van der Waals surface area contributed by atoms with Gasteiger partial charge in [0.25, 0.3) is 0 Å². The Kier molecular flexibility index (Phi) is 4.68. The van der Waals surface area contributed by atoms with Crippen LogP contribution in [0.3, 0.4) is 0 Å². The molecule has 14 heavy (non-hydrogen) atoms. The highest BCUT2D eigenvalue weighted by molar-refractivity contribution is 5.45. The minimum atomic E-state index is 0. The van der Waals surface area contributed by atoms with Gasteiger partial charge >= 0.3 is 0 Å². The lowest BCUT2D eigenvalue weighted by Crippen LogP contribution is -3.12. The lowest BCUT2D eigenvalue weighted by molar-refractivity contribution is -0.880. The second-order valence-corrected chi connectivity index (χ2v) is 3.78. The van der Waals surface area contributed by atoms with Gasteiger partial charge in [0.1, 0.15) is 0 Å². The molecule has 2 rings (SSSR count). The second kappa shape index (κ2) is 5.56. The first-order valence-electron chi connectivity index (χ1n) is 4.97. The van der Waals surface area contributed by atoms with Crippen molar-refractivity contribution in [3.05, 3.63) is 30.3 Å². The molecule has 1 aromatic rings. The predicted molar refractivity (Wildman–Crippen MR) is 55.3 cm³/mol. The van der Waals surface area contributed by atoms with Crippen LogP contribution in [0.2, 0.25) is 0 Å². The van der Waals surface area contributed by atoms with Crippen LogP contribution < -0.4 is 33.8 Å². The van der Waals surface area contributed by atoms with Crippen molar-refractivity contribution in [3.63, 3.8) is 0 Å². The lowest BCUT2D eigenvalue weighted by atomic mass is 10.2. The fourth-order valence-electron chi connectivity index (χ4n) is 1.79. The van der Waals surface area contributed by atoms with E-state index < -0.39 is 0 Å². The number of nitrogens with one attached hydrogen (secondary N) is 1. The fourth-order valence-corrected chi connectivity index (χ4v) is 1.79. The van der Waals surface area contributed by atoms with Gasteiger partial charge in [-0.15, -0.1) is 0 Å². The summed E-state index contributed by atoms with van der Waals surface area (Å²) < 4.78 is 0. The maximum Gasteiger partial charge on any atom is 0.0947 e. The van der Waals surface area contributed by atoms with Crippen molar-refractivity contribution in [1.29, 1.82) is 0 Å². The van der Waals surface area contributed by atoms with Gasteiger partial charge in [0.2, 0.25) is 0 Å². The summed E-state index contributed by atoms with van der Waals surface area (Å²) in [7, 11) is 2.27. The van der Waals surface area contributed by atoms with E-state index in [2.05, 4.69) is 42.3 Å². The monoisotopic (exact) mass is 304 g/mol. The second-order valence-electron chi connectivity index (χ2n) is 3.78. The quantitative estimate of drug-likeness (QED) is 0.545. The van der Waals surface area contributed by atoms with E-state index in [1.165, 1.54) is 31.9 Å². The number of hydrogen-bond acceptors (Lipinski definition) is 1. The summed E-state index contributed by atoms with van der Waals surface area (Å²) in [6, 6.07) is 10.7. The van der Waals surface area contributed by atoms with Crippen molar-refractivity contribution in [2.24, 2.45) is 0 Å². The molecule has 78 valence electrons. The third kappa shape index (κ3) is 2.85. The molecule has 1 aromatic carbocycles. The number of halogens is 1. The summed E-state index contributed by atoms with van der Waals surface area (Å²) >= 11 is 0. The SMILES string of the molecule is C[NH+]1CCN(c2ccccc2)CC1.[I-]. The lowest BCUT2D eigenvalue weighted by Gasteiger charge is -2.31. The minimum absolute atomic E-state index is 0. The molecule has 0 unspecified atom stereocenters. The van der Waals surface area contributed by atoms with Crippen molar-refractivity contribution in [3.8, 4) is 0 Å². The van der Waals surface area contributed by atoms with Crippen LogP contribution in [0.15, 0.2) is 30.3 Å². The van der Waals surface area contributed by atoms with E-state index in [0.717, 1.165) is 0 Å². The van der Waals surface area contributed by atoms with Gasteiger partial charge in [0, 0.05) is 5.69 Å². The Balaban J connectivity index is 0.000000980. The summed E-state index contributed by atoms with van der Waals surface area (Å²) in [5, 5.41) is 0.